The van der Waals surface area contributed by atoms with Gasteiger partial charge in [-0.2, -0.15) is 0 Å². The van der Waals surface area contributed by atoms with E-state index in [1.807, 2.05) is 18.2 Å². The minimum atomic E-state index is -0.337. The van der Waals surface area contributed by atoms with Crippen LogP contribution in [-0.4, -0.2) is 17.7 Å². The number of amides is 1. The third-order valence-electron chi connectivity index (χ3n) is 4.00. The number of hydrogen-bond donors (Lipinski definition) is 2. The van der Waals surface area contributed by atoms with E-state index in [9.17, 15) is 9.18 Å². The number of hydrogen-bond acceptors (Lipinski definition) is 5. The van der Waals surface area contributed by atoms with Gasteiger partial charge in [0.15, 0.2) is 11.5 Å². The van der Waals surface area contributed by atoms with Crippen molar-refractivity contribution in [2.45, 2.75) is 6.54 Å². The molecule has 4 rings (SSSR count). The Morgan fingerprint density at radius 1 is 1.04 bits per heavy atom. The average molecular weight is 365 g/mol. The van der Waals surface area contributed by atoms with Crippen LogP contribution in [0.4, 0.5) is 15.8 Å². The number of rotatable bonds is 5. The molecule has 0 fully saturated rings. The largest absolute Gasteiger partial charge is 0.454 e. The molecule has 0 aliphatic carbocycles. The number of halogens is 1. The van der Waals surface area contributed by atoms with E-state index in [0.717, 1.165) is 5.56 Å². The highest BCUT2D eigenvalue weighted by molar-refractivity contribution is 5.93. The molecule has 0 unspecified atom stereocenters. The van der Waals surface area contributed by atoms with E-state index in [1.165, 1.54) is 18.3 Å². The Balaban J connectivity index is 1.41. The second kappa shape index (κ2) is 7.33. The molecule has 2 heterocycles. The van der Waals surface area contributed by atoms with E-state index in [2.05, 4.69) is 15.6 Å². The first-order chi connectivity index (χ1) is 13.2. The molecule has 1 aliphatic rings. The van der Waals surface area contributed by atoms with Crippen molar-refractivity contribution >= 4 is 17.3 Å². The fourth-order valence-electron chi connectivity index (χ4n) is 2.69. The van der Waals surface area contributed by atoms with Crippen LogP contribution in [0.1, 0.15) is 16.1 Å². The molecular formula is C20H16FN3O3. The van der Waals surface area contributed by atoms with Crippen molar-refractivity contribution in [2.75, 3.05) is 12.1 Å². The molecule has 27 heavy (non-hydrogen) atoms. The van der Waals surface area contributed by atoms with Crippen molar-refractivity contribution in [1.29, 1.82) is 0 Å². The Bertz CT molecular complexity index is 994. The molecule has 2 aromatic carbocycles. The minimum Gasteiger partial charge on any atom is -0.454 e. The van der Waals surface area contributed by atoms with Crippen LogP contribution in [0.3, 0.4) is 0 Å². The highest BCUT2D eigenvalue weighted by Crippen LogP contribution is 2.32. The summed E-state index contributed by atoms with van der Waals surface area (Å²) in [7, 11) is 0. The van der Waals surface area contributed by atoms with Gasteiger partial charge in [0.2, 0.25) is 6.79 Å². The summed E-state index contributed by atoms with van der Waals surface area (Å²) in [5.41, 5.74) is 2.38. The van der Waals surface area contributed by atoms with Gasteiger partial charge in [-0.05, 0) is 48.0 Å². The molecule has 0 radical (unpaired) electrons. The first kappa shape index (κ1) is 16.8. The summed E-state index contributed by atoms with van der Waals surface area (Å²) in [4.78, 5) is 16.5. The monoisotopic (exact) mass is 365 g/mol. The zero-order chi connectivity index (χ0) is 18.6. The molecule has 1 amide bonds. The third-order valence-corrected chi connectivity index (χ3v) is 4.00. The first-order valence-electron chi connectivity index (χ1n) is 8.33. The number of fused-ring (bicyclic) bond motifs is 1. The van der Waals surface area contributed by atoms with Gasteiger partial charge in [0.1, 0.15) is 11.5 Å². The van der Waals surface area contributed by atoms with E-state index < -0.39 is 0 Å². The van der Waals surface area contributed by atoms with Crippen molar-refractivity contribution in [3.05, 3.63) is 77.9 Å². The highest BCUT2D eigenvalue weighted by Gasteiger charge is 2.14. The van der Waals surface area contributed by atoms with Crippen molar-refractivity contribution in [2.24, 2.45) is 0 Å². The number of anilines is 2. The summed E-state index contributed by atoms with van der Waals surface area (Å²) in [5.74, 6) is 0.718. The Morgan fingerprint density at radius 2 is 1.89 bits per heavy atom. The van der Waals surface area contributed by atoms with Gasteiger partial charge < -0.3 is 20.1 Å². The van der Waals surface area contributed by atoms with Crippen LogP contribution < -0.4 is 20.1 Å². The van der Waals surface area contributed by atoms with Gasteiger partial charge in [-0.3, -0.25) is 9.78 Å². The lowest BCUT2D eigenvalue weighted by molar-refractivity contribution is 0.0946. The van der Waals surface area contributed by atoms with Crippen molar-refractivity contribution in [3.63, 3.8) is 0 Å². The van der Waals surface area contributed by atoms with Gasteiger partial charge in [0, 0.05) is 24.1 Å². The van der Waals surface area contributed by atoms with Crippen molar-refractivity contribution in [3.8, 4) is 11.5 Å². The van der Waals surface area contributed by atoms with Crippen LogP contribution in [0.15, 0.2) is 60.8 Å². The lowest BCUT2D eigenvalue weighted by atomic mass is 10.2. The van der Waals surface area contributed by atoms with Gasteiger partial charge in [-0.1, -0.05) is 12.1 Å². The molecule has 2 N–H and O–H groups in total. The average Bonchev–Trinajstić information content (AvgIpc) is 3.14. The SMILES string of the molecule is O=C(NCc1ccc2c(c1)OCO2)c1cc(Nc2cccc(F)c2)ccn1. The predicted octanol–water partition coefficient (Wildman–Crippen LogP) is 3.62. The number of aromatic nitrogens is 1. The number of carbonyl (C=O) groups excluding carboxylic acids is 1. The number of ether oxygens (including phenoxy) is 2. The standard InChI is InChI=1S/C20H16FN3O3/c21-14-2-1-3-15(9-14)24-16-6-7-22-17(10-16)20(25)23-11-13-4-5-18-19(8-13)27-12-26-18/h1-10H,11-12H2,(H,22,24)(H,23,25). The van der Waals surface area contributed by atoms with Crippen LogP contribution in [0.2, 0.25) is 0 Å². The van der Waals surface area contributed by atoms with Crippen LogP contribution in [0.5, 0.6) is 11.5 Å². The van der Waals surface area contributed by atoms with Gasteiger partial charge >= 0.3 is 0 Å². The minimum absolute atomic E-state index is 0.209. The lowest BCUT2D eigenvalue weighted by Crippen LogP contribution is -2.23. The van der Waals surface area contributed by atoms with E-state index in [4.69, 9.17) is 9.47 Å². The molecule has 6 nitrogen and oxygen atoms in total. The van der Waals surface area contributed by atoms with Gasteiger partial charge in [-0.15, -0.1) is 0 Å². The third kappa shape index (κ3) is 3.98. The molecule has 0 atom stereocenters. The van der Waals surface area contributed by atoms with Crippen molar-refractivity contribution < 1.29 is 18.7 Å². The maximum atomic E-state index is 13.3. The molecule has 0 saturated heterocycles. The first-order valence-corrected chi connectivity index (χ1v) is 8.33. The summed E-state index contributed by atoms with van der Waals surface area (Å²) in [6.45, 7) is 0.541. The Morgan fingerprint density at radius 3 is 2.78 bits per heavy atom. The zero-order valence-electron chi connectivity index (χ0n) is 14.2. The summed E-state index contributed by atoms with van der Waals surface area (Å²) in [6.07, 6.45) is 1.52. The zero-order valence-corrected chi connectivity index (χ0v) is 14.2. The topological polar surface area (TPSA) is 72.5 Å². The van der Waals surface area contributed by atoms with Crippen LogP contribution in [-0.2, 0) is 6.54 Å². The highest BCUT2D eigenvalue weighted by atomic mass is 19.1. The number of nitrogens with zero attached hydrogens (tertiary/aromatic N) is 1. The smallest absolute Gasteiger partial charge is 0.270 e. The molecule has 0 bridgehead atoms. The second-order valence-corrected chi connectivity index (χ2v) is 5.94. The summed E-state index contributed by atoms with van der Waals surface area (Å²) in [5, 5.41) is 5.87. The van der Waals surface area contributed by atoms with E-state index in [0.29, 0.717) is 29.4 Å². The maximum absolute atomic E-state index is 13.3. The summed E-state index contributed by atoms with van der Waals surface area (Å²) in [6, 6.07) is 14.9. The quantitative estimate of drug-likeness (QED) is 0.722. The Hall–Kier alpha value is -3.61. The van der Waals surface area contributed by atoms with E-state index in [-0.39, 0.29) is 24.2 Å². The molecule has 0 saturated carbocycles. The molecule has 1 aromatic heterocycles. The fourth-order valence-corrected chi connectivity index (χ4v) is 2.69. The predicted molar refractivity (Wildman–Crippen MR) is 97.7 cm³/mol. The van der Waals surface area contributed by atoms with Crippen LogP contribution in [0.25, 0.3) is 0 Å². The van der Waals surface area contributed by atoms with Crippen LogP contribution in [0, 0.1) is 5.82 Å². The maximum Gasteiger partial charge on any atom is 0.270 e. The van der Waals surface area contributed by atoms with Crippen LogP contribution >= 0.6 is 0 Å². The van der Waals surface area contributed by atoms with E-state index >= 15 is 0 Å². The molecular weight excluding hydrogens is 349 g/mol. The fraction of sp³-hybridized carbons (Fsp3) is 0.100. The molecule has 1 aliphatic heterocycles. The number of pyridine rings is 1. The van der Waals surface area contributed by atoms with Crippen molar-refractivity contribution in [1.82, 2.24) is 10.3 Å². The number of benzene rings is 2. The van der Waals surface area contributed by atoms with Gasteiger partial charge in [0.05, 0.1) is 0 Å². The van der Waals surface area contributed by atoms with Gasteiger partial charge in [0.25, 0.3) is 5.91 Å². The molecule has 0 spiro atoms. The molecule has 136 valence electrons. The lowest BCUT2D eigenvalue weighted by Gasteiger charge is -2.09. The Labute approximate surface area is 155 Å². The second-order valence-electron chi connectivity index (χ2n) is 5.94. The summed E-state index contributed by atoms with van der Waals surface area (Å²) < 4.78 is 23.9. The number of nitrogens with one attached hydrogen (secondary N) is 2. The van der Waals surface area contributed by atoms with Gasteiger partial charge in [-0.25, -0.2) is 4.39 Å². The van der Waals surface area contributed by atoms with E-state index in [1.54, 1.807) is 24.3 Å². The normalized spacial score (nSPS) is 11.9. The Kier molecular flexibility index (Phi) is 4.57. The number of carbonyl (C=O) groups is 1. The molecule has 7 heteroatoms. The molecule has 3 aromatic rings. The summed E-state index contributed by atoms with van der Waals surface area (Å²) >= 11 is 0.